The van der Waals surface area contributed by atoms with Crippen LogP contribution in [0.3, 0.4) is 0 Å². The second kappa shape index (κ2) is 3.63. The van der Waals surface area contributed by atoms with E-state index < -0.39 is 0 Å². The van der Waals surface area contributed by atoms with Gasteiger partial charge in [-0.2, -0.15) is 0 Å². The summed E-state index contributed by atoms with van der Waals surface area (Å²) in [5.41, 5.74) is 2.31. The number of oxime groups is 1. The maximum atomic E-state index is 9.08. The lowest BCUT2D eigenvalue weighted by Crippen LogP contribution is -2.30. The van der Waals surface area contributed by atoms with Gasteiger partial charge in [-0.15, -0.1) is 0 Å². The van der Waals surface area contributed by atoms with Crippen LogP contribution in [0.25, 0.3) is 0 Å². The Hall–Kier alpha value is -0.760. The molecule has 0 aromatic carbocycles. The van der Waals surface area contributed by atoms with Crippen LogP contribution in [0.4, 0.5) is 0 Å². The number of halogens is 1. The second-order valence-corrected chi connectivity index (χ2v) is 5.70. The Morgan fingerprint density at radius 3 is 2.88 bits per heavy atom. The van der Waals surface area contributed by atoms with E-state index in [-0.39, 0.29) is 0 Å². The smallest absolute Gasteiger partial charge is 0.0832 e. The summed E-state index contributed by atoms with van der Waals surface area (Å²) >= 11 is 6.23. The fourth-order valence-corrected chi connectivity index (χ4v) is 4.40. The Bertz CT molecular complexity index is 406. The first-order valence-electron chi connectivity index (χ1n) is 5.98. The van der Waals surface area contributed by atoms with Crippen LogP contribution in [0.15, 0.2) is 27.9 Å². The Balaban J connectivity index is 2.06. The highest BCUT2D eigenvalue weighted by atomic mass is 35.5. The second-order valence-electron chi connectivity index (χ2n) is 5.13. The number of allylic oxidation sites excluding steroid dienone is 4. The summed E-state index contributed by atoms with van der Waals surface area (Å²) in [5.74, 6) is 2.20. The first kappa shape index (κ1) is 10.4. The van der Waals surface area contributed by atoms with E-state index in [1.54, 1.807) is 0 Å². The third kappa shape index (κ3) is 1.22. The summed E-state index contributed by atoms with van der Waals surface area (Å²) in [6.07, 6.45) is 7.69. The minimum Gasteiger partial charge on any atom is -0.411 e. The van der Waals surface area contributed by atoms with Gasteiger partial charge in [0.25, 0.3) is 0 Å². The monoisotopic (exact) mass is 237 g/mol. The van der Waals surface area contributed by atoms with Crippen LogP contribution in [-0.4, -0.2) is 10.9 Å². The minimum absolute atomic E-state index is 0.414. The Morgan fingerprint density at radius 1 is 1.44 bits per heavy atom. The van der Waals surface area contributed by atoms with Crippen molar-refractivity contribution in [2.24, 2.45) is 28.8 Å². The highest BCUT2D eigenvalue weighted by Gasteiger charge is 2.53. The molecule has 0 heterocycles. The van der Waals surface area contributed by atoms with Crippen LogP contribution in [0.5, 0.6) is 0 Å². The molecule has 2 unspecified atom stereocenters. The maximum Gasteiger partial charge on any atom is 0.0832 e. The van der Waals surface area contributed by atoms with E-state index in [2.05, 4.69) is 11.2 Å². The molecule has 0 aromatic heterocycles. The zero-order valence-electron chi connectivity index (χ0n) is 9.36. The van der Waals surface area contributed by atoms with E-state index in [0.717, 1.165) is 17.2 Å². The van der Waals surface area contributed by atoms with Gasteiger partial charge >= 0.3 is 0 Å². The molecule has 0 saturated heterocycles. The molecule has 2 saturated carbocycles. The van der Waals surface area contributed by atoms with Gasteiger partial charge in [0.05, 0.1) is 5.71 Å². The first-order chi connectivity index (χ1) is 7.74. The summed E-state index contributed by atoms with van der Waals surface area (Å²) in [4.78, 5) is 0. The van der Waals surface area contributed by atoms with Gasteiger partial charge in [0.2, 0.25) is 0 Å². The lowest BCUT2D eigenvalue weighted by molar-refractivity contribution is 0.263. The van der Waals surface area contributed by atoms with Crippen molar-refractivity contribution >= 4 is 17.3 Å². The standard InChI is InChI=1S/C13H16ClNO/c1-7(14)12-9-5-6-10(12)13-8(9)3-2-4-11(13)15-16/h2,4,8-10,13,16H,3,5-6H2,1H3/b12-7+,15-11?/t8?,9-,10-,13?/m0/s1. The summed E-state index contributed by atoms with van der Waals surface area (Å²) in [7, 11) is 0. The van der Waals surface area contributed by atoms with Gasteiger partial charge in [-0.1, -0.05) is 22.8 Å². The SMILES string of the molecule is C/C(Cl)=C1/[C@H]2CC[C@@H]1C1C(=NO)C=CCC12. The van der Waals surface area contributed by atoms with Gasteiger partial charge in [-0.05, 0) is 55.6 Å². The molecule has 4 atom stereocenters. The Morgan fingerprint density at radius 2 is 2.19 bits per heavy atom. The fraction of sp³-hybridized carbons (Fsp3) is 0.615. The summed E-state index contributed by atoms with van der Waals surface area (Å²) in [5, 5.41) is 13.5. The fourth-order valence-electron chi connectivity index (χ4n) is 4.12. The molecule has 86 valence electrons. The van der Waals surface area contributed by atoms with Gasteiger partial charge in [-0.3, -0.25) is 0 Å². The van der Waals surface area contributed by atoms with Crippen molar-refractivity contribution in [1.82, 2.24) is 0 Å². The maximum absolute atomic E-state index is 9.08. The molecule has 3 aliphatic rings. The molecule has 0 amide bonds. The molecule has 2 bridgehead atoms. The number of nitrogens with zero attached hydrogens (tertiary/aromatic N) is 1. The topological polar surface area (TPSA) is 32.6 Å². The van der Waals surface area contributed by atoms with Crippen molar-refractivity contribution in [2.75, 3.05) is 0 Å². The third-order valence-corrected chi connectivity index (χ3v) is 4.77. The zero-order valence-corrected chi connectivity index (χ0v) is 10.1. The molecular weight excluding hydrogens is 222 g/mol. The molecule has 2 fully saturated rings. The van der Waals surface area contributed by atoms with E-state index in [9.17, 15) is 0 Å². The predicted molar refractivity (Wildman–Crippen MR) is 64.7 cm³/mol. The number of fused-ring (bicyclic) bond motifs is 5. The van der Waals surface area contributed by atoms with Gasteiger partial charge in [0, 0.05) is 11.0 Å². The predicted octanol–water partition coefficient (Wildman–Crippen LogP) is 3.56. The number of hydrogen-bond acceptors (Lipinski definition) is 2. The average Bonchev–Trinajstić information content (AvgIpc) is 2.84. The summed E-state index contributed by atoms with van der Waals surface area (Å²) in [6.45, 7) is 2.00. The van der Waals surface area contributed by atoms with E-state index in [0.29, 0.717) is 23.7 Å². The van der Waals surface area contributed by atoms with Crippen LogP contribution >= 0.6 is 11.6 Å². The lowest BCUT2D eigenvalue weighted by Gasteiger charge is -2.31. The average molecular weight is 238 g/mol. The largest absolute Gasteiger partial charge is 0.411 e. The van der Waals surface area contributed by atoms with Crippen molar-refractivity contribution in [3.63, 3.8) is 0 Å². The molecule has 1 N–H and O–H groups in total. The van der Waals surface area contributed by atoms with Gasteiger partial charge in [0.1, 0.15) is 0 Å². The van der Waals surface area contributed by atoms with Gasteiger partial charge < -0.3 is 5.21 Å². The summed E-state index contributed by atoms with van der Waals surface area (Å²) < 4.78 is 0. The van der Waals surface area contributed by atoms with Crippen LogP contribution in [0.2, 0.25) is 0 Å². The third-order valence-electron chi connectivity index (χ3n) is 4.55. The molecule has 16 heavy (non-hydrogen) atoms. The van der Waals surface area contributed by atoms with E-state index >= 15 is 0 Å². The Labute approximate surface area is 101 Å². The molecule has 3 rings (SSSR count). The molecule has 0 radical (unpaired) electrons. The lowest BCUT2D eigenvalue weighted by atomic mass is 9.72. The van der Waals surface area contributed by atoms with Crippen LogP contribution < -0.4 is 0 Å². The molecule has 2 nitrogen and oxygen atoms in total. The highest BCUT2D eigenvalue weighted by Crippen LogP contribution is 2.59. The molecular formula is C13H16ClNO. The molecule has 0 aliphatic heterocycles. The molecule has 3 aliphatic carbocycles. The van der Waals surface area contributed by atoms with Crippen LogP contribution in [-0.2, 0) is 0 Å². The quantitative estimate of drug-likeness (QED) is 0.507. The van der Waals surface area contributed by atoms with Gasteiger partial charge in [0.15, 0.2) is 0 Å². The van der Waals surface area contributed by atoms with Crippen molar-refractivity contribution in [1.29, 1.82) is 0 Å². The minimum atomic E-state index is 0.414. The van der Waals surface area contributed by atoms with E-state index in [1.807, 2.05) is 13.0 Å². The van der Waals surface area contributed by atoms with Crippen molar-refractivity contribution < 1.29 is 5.21 Å². The Kier molecular flexibility index (Phi) is 2.36. The van der Waals surface area contributed by atoms with Crippen molar-refractivity contribution in [3.05, 3.63) is 22.8 Å². The first-order valence-corrected chi connectivity index (χ1v) is 6.36. The van der Waals surface area contributed by atoms with Crippen LogP contribution in [0.1, 0.15) is 26.2 Å². The van der Waals surface area contributed by atoms with Crippen molar-refractivity contribution in [3.8, 4) is 0 Å². The zero-order chi connectivity index (χ0) is 11.3. The number of rotatable bonds is 0. The summed E-state index contributed by atoms with van der Waals surface area (Å²) in [6, 6.07) is 0. The van der Waals surface area contributed by atoms with Crippen molar-refractivity contribution in [2.45, 2.75) is 26.2 Å². The number of hydrogen-bond donors (Lipinski definition) is 1. The molecule has 3 heteroatoms. The van der Waals surface area contributed by atoms with E-state index in [1.165, 1.54) is 18.4 Å². The van der Waals surface area contributed by atoms with E-state index in [4.69, 9.17) is 16.8 Å². The highest BCUT2D eigenvalue weighted by molar-refractivity contribution is 6.29. The van der Waals surface area contributed by atoms with Gasteiger partial charge in [-0.25, -0.2) is 0 Å². The molecule has 0 spiro atoms. The normalized spacial score (nSPS) is 46.2. The molecule has 0 aromatic rings. The van der Waals surface area contributed by atoms with Crippen LogP contribution in [0, 0.1) is 23.7 Å².